The molecule has 1 aliphatic carbocycles. The third kappa shape index (κ3) is 4.52. The highest BCUT2D eigenvalue weighted by molar-refractivity contribution is 7.86. The molecule has 11 heteroatoms. The van der Waals surface area contributed by atoms with Crippen LogP contribution >= 0.6 is 0 Å². The zero-order valence-electron chi connectivity index (χ0n) is 18.4. The number of H-pyrrole nitrogens is 1. The van der Waals surface area contributed by atoms with Crippen molar-refractivity contribution in [2.75, 3.05) is 39.3 Å². The minimum absolute atomic E-state index is 0.169. The Morgan fingerprint density at radius 3 is 2.61 bits per heavy atom. The maximum absolute atomic E-state index is 13.5. The zero-order valence-corrected chi connectivity index (χ0v) is 19.2. The molecule has 3 aliphatic rings. The summed E-state index contributed by atoms with van der Waals surface area (Å²) in [4.78, 5) is 17.6. The van der Waals surface area contributed by atoms with Crippen LogP contribution in [-0.2, 0) is 15.0 Å². The Morgan fingerprint density at radius 1 is 1.15 bits per heavy atom. The number of piperazine rings is 1. The van der Waals surface area contributed by atoms with Gasteiger partial charge in [0, 0.05) is 56.4 Å². The van der Waals surface area contributed by atoms with Crippen LogP contribution in [0.4, 0.5) is 4.39 Å². The number of benzene rings is 1. The Labute approximate surface area is 192 Å². The van der Waals surface area contributed by atoms with Crippen LogP contribution in [0.1, 0.15) is 37.2 Å². The topological polar surface area (TPSA) is 109 Å². The third-order valence-electron chi connectivity index (χ3n) is 7.23. The van der Waals surface area contributed by atoms with Gasteiger partial charge in [-0.15, -0.1) is 0 Å². The minimum atomic E-state index is -3.86. The minimum Gasteiger partial charge on any atom is -0.361 e. The van der Waals surface area contributed by atoms with Crippen LogP contribution in [-0.4, -0.2) is 83.3 Å². The van der Waals surface area contributed by atoms with Gasteiger partial charge in [-0.25, -0.2) is 9.87 Å². The van der Waals surface area contributed by atoms with E-state index in [1.165, 1.54) is 33.6 Å². The lowest BCUT2D eigenvalue weighted by Gasteiger charge is -2.42. The van der Waals surface area contributed by atoms with Gasteiger partial charge in [0.25, 0.3) is 16.1 Å². The first-order valence-corrected chi connectivity index (χ1v) is 13.0. The number of fused-ring (bicyclic) bond motifs is 1. The highest BCUT2D eigenvalue weighted by Crippen LogP contribution is 2.35. The summed E-state index contributed by atoms with van der Waals surface area (Å²) in [6, 6.07) is 3.72. The van der Waals surface area contributed by atoms with Crippen molar-refractivity contribution in [2.45, 2.75) is 37.6 Å². The van der Waals surface area contributed by atoms with Crippen LogP contribution in [0.15, 0.2) is 24.4 Å². The van der Waals surface area contributed by atoms with E-state index in [1.54, 1.807) is 11.5 Å². The van der Waals surface area contributed by atoms with Gasteiger partial charge in [0.2, 0.25) is 0 Å². The molecule has 2 aliphatic heterocycles. The average Bonchev–Trinajstić information content (AvgIpc) is 3.54. The fraction of sp³-hybridized carbons (Fsp3) is 0.591. The normalized spacial score (nSPS) is 24.4. The van der Waals surface area contributed by atoms with Crippen LogP contribution in [0.25, 0.3) is 10.9 Å². The number of hydroxylamine groups is 1. The molecule has 1 atom stereocenters. The maximum atomic E-state index is 13.5. The number of hydrogen-bond donors (Lipinski definition) is 3. The van der Waals surface area contributed by atoms with Crippen molar-refractivity contribution in [3.05, 3.63) is 35.8 Å². The van der Waals surface area contributed by atoms with Gasteiger partial charge in [0.15, 0.2) is 0 Å². The molecular formula is C22H30FN5O4S. The second kappa shape index (κ2) is 8.95. The molecule has 9 nitrogen and oxygen atoms in total. The quantitative estimate of drug-likeness (QED) is 0.431. The number of amides is 1. The van der Waals surface area contributed by atoms with Gasteiger partial charge in [-0.3, -0.25) is 14.9 Å². The fourth-order valence-electron chi connectivity index (χ4n) is 5.22. The molecule has 33 heavy (non-hydrogen) atoms. The van der Waals surface area contributed by atoms with Crippen molar-refractivity contribution < 1.29 is 22.8 Å². The molecule has 1 aromatic heterocycles. The van der Waals surface area contributed by atoms with Gasteiger partial charge in [-0.1, -0.05) is 0 Å². The Hall–Kier alpha value is -2.05. The molecule has 1 amide bonds. The average molecular weight is 480 g/mol. The van der Waals surface area contributed by atoms with Crippen LogP contribution in [0.2, 0.25) is 0 Å². The van der Waals surface area contributed by atoms with E-state index in [9.17, 15) is 22.8 Å². The number of rotatable bonds is 6. The molecule has 3 fully saturated rings. The van der Waals surface area contributed by atoms with Gasteiger partial charge in [0.1, 0.15) is 11.9 Å². The largest absolute Gasteiger partial charge is 0.361 e. The van der Waals surface area contributed by atoms with Crippen LogP contribution in [0.3, 0.4) is 0 Å². The number of nitrogens with zero attached hydrogens (tertiary/aromatic N) is 3. The number of aromatic amines is 1. The second-order valence-corrected chi connectivity index (χ2v) is 11.3. The van der Waals surface area contributed by atoms with E-state index in [0.29, 0.717) is 38.4 Å². The molecule has 1 saturated carbocycles. The van der Waals surface area contributed by atoms with E-state index in [1.807, 2.05) is 6.20 Å². The van der Waals surface area contributed by atoms with E-state index >= 15 is 0 Å². The van der Waals surface area contributed by atoms with Crippen LogP contribution < -0.4 is 5.48 Å². The number of halogens is 1. The van der Waals surface area contributed by atoms with E-state index < -0.39 is 22.2 Å². The van der Waals surface area contributed by atoms with Crippen LogP contribution in [0, 0.1) is 11.7 Å². The van der Waals surface area contributed by atoms with Crippen molar-refractivity contribution >= 4 is 27.0 Å². The van der Waals surface area contributed by atoms with Gasteiger partial charge in [-0.2, -0.15) is 17.0 Å². The smallest absolute Gasteiger partial charge is 0.282 e. The molecular weight excluding hydrogens is 449 g/mol. The van der Waals surface area contributed by atoms with E-state index in [-0.39, 0.29) is 24.8 Å². The summed E-state index contributed by atoms with van der Waals surface area (Å²) < 4.78 is 43.2. The molecule has 0 bridgehead atoms. The third-order valence-corrected chi connectivity index (χ3v) is 9.28. The standard InChI is InChI=1S/C22H30FN5O4S/c23-17-3-4-18-19(12-24-20(18)11-17)16-5-7-27(8-6-16)33(31,32)28-10-9-26(13-15-1-2-15)14-21(28)22(29)25-30/h3-4,11-12,15-16,21,24,30H,1-2,5-10,13-14H2,(H,25,29)/t21-/m1/s1. The zero-order chi connectivity index (χ0) is 23.2. The lowest BCUT2D eigenvalue weighted by molar-refractivity contribution is -0.135. The summed E-state index contributed by atoms with van der Waals surface area (Å²) in [5, 5.41) is 10.2. The number of hydrogen-bond acceptors (Lipinski definition) is 5. The Bertz CT molecular complexity index is 1130. The van der Waals surface area contributed by atoms with Crippen molar-refractivity contribution in [3.63, 3.8) is 0 Å². The van der Waals surface area contributed by atoms with Crippen molar-refractivity contribution in [2.24, 2.45) is 5.92 Å². The molecule has 0 spiro atoms. The number of carbonyl (C=O) groups is 1. The summed E-state index contributed by atoms with van der Waals surface area (Å²) in [7, 11) is -3.86. The first-order valence-electron chi connectivity index (χ1n) is 11.6. The monoisotopic (exact) mass is 479 g/mol. The molecule has 1 aromatic carbocycles. The fourth-order valence-corrected chi connectivity index (χ4v) is 6.99. The summed E-state index contributed by atoms with van der Waals surface area (Å²) >= 11 is 0. The van der Waals surface area contributed by atoms with Crippen molar-refractivity contribution in [3.8, 4) is 0 Å². The van der Waals surface area contributed by atoms with E-state index in [4.69, 9.17) is 0 Å². The molecule has 3 heterocycles. The summed E-state index contributed by atoms with van der Waals surface area (Å²) in [6.45, 7) is 2.63. The van der Waals surface area contributed by atoms with Gasteiger partial charge < -0.3 is 4.98 Å². The number of piperidine rings is 1. The Morgan fingerprint density at radius 2 is 1.91 bits per heavy atom. The molecule has 180 valence electrons. The molecule has 5 rings (SSSR count). The predicted octanol–water partition coefficient (Wildman–Crippen LogP) is 1.63. The first kappa shape index (κ1) is 22.7. The van der Waals surface area contributed by atoms with Gasteiger partial charge in [0.05, 0.1) is 0 Å². The molecule has 0 radical (unpaired) electrons. The number of nitrogens with one attached hydrogen (secondary N) is 2. The summed E-state index contributed by atoms with van der Waals surface area (Å²) in [6.07, 6.45) is 5.52. The molecule has 0 unspecified atom stereocenters. The Kier molecular flexibility index (Phi) is 6.17. The first-order chi connectivity index (χ1) is 15.9. The number of carbonyl (C=O) groups excluding carboxylic acids is 1. The lowest BCUT2D eigenvalue weighted by Crippen LogP contribution is -2.63. The van der Waals surface area contributed by atoms with E-state index in [2.05, 4.69) is 9.88 Å². The Balaban J connectivity index is 1.28. The SMILES string of the molecule is O=C(NO)[C@H]1CN(CC2CC2)CCN1S(=O)(=O)N1CCC(c2c[nH]c3cc(F)ccc23)CC1. The van der Waals surface area contributed by atoms with E-state index in [0.717, 1.165) is 23.0 Å². The molecule has 2 saturated heterocycles. The van der Waals surface area contributed by atoms with Crippen molar-refractivity contribution in [1.82, 2.24) is 24.0 Å². The maximum Gasteiger partial charge on any atom is 0.282 e. The highest BCUT2D eigenvalue weighted by Gasteiger charge is 2.43. The van der Waals surface area contributed by atoms with Crippen LogP contribution in [0.5, 0.6) is 0 Å². The lowest BCUT2D eigenvalue weighted by atomic mass is 9.90. The molecule has 3 N–H and O–H groups in total. The second-order valence-electron chi connectivity index (χ2n) is 9.42. The summed E-state index contributed by atoms with van der Waals surface area (Å²) in [5.41, 5.74) is 3.47. The molecule has 2 aromatic rings. The predicted molar refractivity (Wildman–Crippen MR) is 120 cm³/mol. The van der Waals surface area contributed by atoms with Gasteiger partial charge >= 0.3 is 0 Å². The highest BCUT2D eigenvalue weighted by atomic mass is 32.2. The number of aromatic nitrogens is 1. The van der Waals surface area contributed by atoms with Crippen molar-refractivity contribution in [1.29, 1.82) is 0 Å². The van der Waals surface area contributed by atoms with Gasteiger partial charge in [-0.05, 0) is 61.3 Å². The summed E-state index contributed by atoms with van der Waals surface area (Å²) in [5.74, 6) is -0.191.